The highest BCUT2D eigenvalue weighted by molar-refractivity contribution is 5.90. The highest BCUT2D eigenvalue weighted by Crippen LogP contribution is 2.21. The van der Waals surface area contributed by atoms with Crippen molar-refractivity contribution < 1.29 is 23.9 Å². The lowest BCUT2D eigenvalue weighted by molar-refractivity contribution is -0.162. The van der Waals surface area contributed by atoms with Gasteiger partial charge in [-0.15, -0.1) is 0 Å². The first-order chi connectivity index (χ1) is 9.39. The molecule has 0 aromatic carbocycles. The summed E-state index contributed by atoms with van der Waals surface area (Å²) in [5.41, 5.74) is -1.33. The van der Waals surface area contributed by atoms with E-state index in [1.165, 1.54) is 4.90 Å². The molecule has 0 spiro atoms. The Balaban J connectivity index is 2.86. The van der Waals surface area contributed by atoms with Gasteiger partial charge < -0.3 is 9.47 Å². The van der Waals surface area contributed by atoms with Crippen LogP contribution in [0.15, 0.2) is 0 Å². The molecule has 0 aromatic heterocycles. The first kappa shape index (κ1) is 17.5. The number of piperidine rings is 1. The first-order valence-corrected chi connectivity index (χ1v) is 7.13. The lowest BCUT2D eigenvalue weighted by Crippen LogP contribution is -2.53. The average molecular weight is 299 g/mol. The van der Waals surface area contributed by atoms with Crippen LogP contribution >= 0.6 is 0 Å². The van der Waals surface area contributed by atoms with Gasteiger partial charge in [-0.3, -0.25) is 9.69 Å². The lowest BCUT2D eigenvalue weighted by Gasteiger charge is -2.35. The summed E-state index contributed by atoms with van der Waals surface area (Å²) in [7, 11) is 0. The second-order valence-electron chi connectivity index (χ2n) is 7.23. The Morgan fingerprint density at radius 2 is 1.57 bits per heavy atom. The number of hydrogen-bond acceptors (Lipinski definition) is 5. The molecule has 0 radical (unpaired) electrons. The van der Waals surface area contributed by atoms with Gasteiger partial charge in [0.15, 0.2) is 5.78 Å². The van der Waals surface area contributed by atoms with Gasteiger partial charge in [0.05, 0.1) is 6.54 Å². The minimum Gasteiger partial charge on any atom is -0.458 e. The summed E-state index contributed by atoms with van der Waals surface area (Å²) in [5.74, 6) is -0.582. The normalized spacial score (nSPS) is 20.2. The van der Waals surface area contributed by atoms with Crippen molar-refractivity contribution in [3.8, 4) is 0 Å². The van der Waals surface area contributed by atoms with Crippen LogP contribution in [-0.4, -0.2) is 46.5 Å². The molecule has 1 amide bonds. The quantitative estimate of drug-likeness (QED) is 0.695. The molecule has 1 rings (SSSR count). The molecule has 1 saturated heterocycles. The molecule has 120 valence electrons. The second kappa shape index (κ2) is 6.03. The fraction of sp³-hybridized carbons (Fsp3) is 0.800. The first-order valence-electron chi connectivity index (χ1n) is 7.13. The van der Waals surface area contributed by atoms with Gasteiger partial charge in [0.25, 0.3) is 0 Å². The van der Waals surface area contributed by atoms with Crippen molar-refractivity contribution >= 4 is 17.8 Å². The van der Waals surface area contributed by atoms with E-state index in [0.29, 0.717) is 0 Å². The molecule has 1 aliphatic rings. The van der Waals surface area contributed by atoms with E-state index in [4.69, 9.17) is 9.47 Å². The molecule has 1 atom stereocenters. The zero-order chi connectivity index (χ0) is 16.4. The van der Waals surface area contributed by atoms with Crippen molar-refractivity contribution in [3.05, 3.63) is 0 Å². The predicted molar refractivity (Wildman–Crippen MR) is 76.8 cm³/mol. The average Bonchev–Trinajstić information content (AvgIpc) is 2.23. The standard InChI is InChI=1S/C15H25NO5/c1-14(2,3)20-12(18)11-8-7-10(17)9-16(11)13(19)21-15(4,5)6/h11H,7-9H2,1-6H3/t11-/m1/s1. The zero-order valence-corrected chi connectivity index (χ0v) is 13.7. The Bertz CT molecular complexity index is 430. The predicted octanol–water partition coefficient (Wildman–Crippen LogP) is 2.30. The number of esters is 1. The number of carbonyl (C=O) groups excluding carboxylic acids is 3. The van der Waals surface area contributed by atoms with Crippen LogP contribution in [-0.2, 0) is 19.1 Å². The summed E-state index contributed by atoms with van der Waals surface area (Å²) in [6, 6.07) is -0.767. The van der Waals surface area contributed by atoms with Crippen LogP contribution < -0.4 is 0 Å². The van der Waals surface area contributed by atoms with Gasteiger partial charge in [0, 0.05) is 6.42 Å². The fourth-order valence-corrected chi connectivity index (χ4v) is 1.96. The lowest BCUT2D eigenvalue weighted by atomic mass is 10.0. The van der Waals surface area contributed by atoms with Gasteiger partial charge in [-0.1, -0.05) is 0 Å². The van der Waals surface area contributed by atoms with Crippen molar-refractivity contribution in [1.82, 2.24) is 4.90 Å². The third kappa shape index (κ3) is 5.73. The topological polar surface area (TPSA) is 72.9 Å². The summed E-state index contributed by atoms with van der Waals surface area (Å²) >= 11 is 0. The van der Waals surface area contributed by atoms with E-state index in [9.17, 15) is 14.4 Å². The number of nitrogens with zero attached hydrogens (tertiary/aromatic N) is 1. The second-order valence-corrected chi connectivity index (χ2v) is 7.23. The van der Waals surface area contributed by atoms with E-state index in [1.807, 2.05) is 0 Å². The van der Waals surface area contributed by atoms with E-state index in [-0.39, 0.29) is 25.2 Å². The number of Topliss-reactive ketones (excluding diaryl/α,β-unsaturated/α-hetero) is 1. The third-order valence-electron chi connectivity index (χ3n) is 2.73. The Morgan fingerprint density at radius 3 is 2.05 bits per heavy atom. The van der Waals surface area contributed by atoms with Crippen LogP contribution in [0.4, 0.5) is 4.79 Å². The molecule has 6 nitrogen and oxygen atoms in total. The van der Waals surface area contributed by atoms with E-state index in [2.05, 4.69) is 0 Å². The van der Waals surface area contributed by atoms with Crippen LogP contribution in [0, 0.1) is 0 Å². The van der Waals surface area contributed by atoms with Gasteiger partial charge in [-0.25, -0.2) is 9.59 Å². The molecule has 21 heavy (non-hydrogen) atoms. The molecule has 1 fully saturated rings. The number of carbonyl (C=O) groups is 3. The molecule has 0 aromatic rings. The fourth-order valence-electron chi connectivity index (χ4n) is 1.96. The number of amides is 1. The maximum atomic E-state index is 12.2. The highest BCUT2D eigenvalue weighted by Gasteiger charge is 2.39. The van der Waals surface area contributed by atoms with Crippen LogP contribution in [0.25, 0.3) is 0 Å². The number of ether oxygens (including phenoxy) is 2. The van der Waals surface area contributed by atoms with Crippen molar-refractivity contribution in [3.63, 3.8) is 0 Å². The summed E-state index contributed by atoms with van der Waals surface area (Å²) in [5, 5.41) is 0. The van der Waals surface area contributed by atoms with Gasteiger partial charge >= 0.3 is 12.1 Å². The van der Waals surface area contributed by atoms with Gasteiger partial charge in [-0.05, 0) is 48.0 Å². The van der Waals surface area contributed by atoms with Crippen molar-refractivity contribution in [2.75, 3.05) is 6.54 Å². The van der Waals surface area contributed by atoms with Crippen molar-refractivity contribution in [1.29, 1.82) is 0 Å². The molecule has 0 unspecified atom stereocenters. The van der Waals surface area contributed by atoms with Crippen LogP contribution in [0.3, 0.4) is 0 Å². The Hall–Kier alpha value is -1.59. The summed E-state index contributed by atoms with van der Waals surface area (Å²) in [4.78, 5) is 37.2. The number of ketones is 1. The monoisotopic (exact) mass is 299 g/mol. The smallest absolute Gasteiger partial charge is 0.411 e. The molecule has 0 N–H and O–H groups in total. The van der Waals surface area contributed by atoms with Gasteiger partial charge in [-0.2, -0.15) is 0 Å². The third-order valence-corrected chi connectivity index (χ3v) is 2.73. The minimum absolute atomic E-state index is 0.0827. The Kier molecular flexibility index (Phi) is 5.02. The summed E-state index contributed by atoms with van der Waals surface area (Å²) in [6.07, 6.45) is -0.123. The molecular formula is C15H25NO5. The molecule has 0 aliphatic carbocycles. The highest BCUT2D eigenvalue weighted by atomic mass is 16.6. The zero-order valence-electron chi connectivity index (χ0n) is 13.7. The van der Waals surface area contributed by atoms with Crippen molar-refractivity contribution in [2.24, 2.45) is 0 Å². The summed E-state index contributed by atoms with van der Waals surface area (Å²) < 4.78 is 10.6. The number of hydrogen-bond donors (Lipinski definition) is 0. The molecule has 0 bridgehead atoms. The molecule has 1 aliphatic heterocycles. The van der Waals surface area contributed by atoms with Crippen LogP contribution in [0.2, 0.25) is 0 Å². The van der Waals surface area contributed by atoms with Crippen LogP contribution in [0.5, 0.6) is 0 Å². The van der Waals surface area contributed by atoms with Crippen LogP contribution in [0.1, 0.15) is 54.4 Å². The van der Waals surface area contributed by atoms with Gasteiger partial charge in [0.1, 0.15) is 17.2 Å². The maximum Gasteiger partial charge on any atom is 0.411 e. The SMILES string of the molecule is CC(C)(C)OC(=O)[C@H]1CCC(=O)CN1C(=O)OC(C)(C)C. The number of rotatable bonds is 1. The summed E-state index contributed by atoms with van der Waals surface area (Å²) in [6.45, 7) is 10.4. The largest absolute Gasteiger partial charge is 0.458 e. The van der Waals surface area contributed by atoms with Crippen molar-refractivity contribution in [2.45, 2.75) is 71.6 Å². The maximum absolute atomic E-state index is 12.2. The minimum atomic E-state index is -0.767. The van der Waals surface area contributed by atoms with E-state index in [0.717, 1.165) is 0 Å². The Morgan fingerprint density at radius 1 is 1.05 bits per heavy atom. The van der Waals surface area contributed by atoms with E-state index in [1.54, 1.807) is 41.5 Å². The number of likely N-dealkylation sites (tertiary alicyclic amines) is 1. The van der Waals surface area contributed by atoms with Gasteiger partial charge in [0.2, 0.25) is 0 Å². The van der Waals surface area contributed by atoms with E-state index < -0.39 is 29.3 Å². The Labute approximate surface area is 125 Å². The molecular weight excluding hydrogens is 274 g/mol. The molecule has 1 heterocycles. The molecule has 0 saturated carbocycles. The van der Waals surface area contributed by atoms with E-state index >= 15 is 0 Å². The molecule has 6 heteroatoms.